The van der Waals surface area contributed by atoms with E-state index in [2.05, 4.69) is 10.0 Å². The average molecular weight is 429 g/mol. The van der Waals surface area contributed by atoms with Gasteiger partial charge < -0.3 is 9.47 Å². The summed E-state index contributed by atoms with van der Waals surface area (Å²) in [5.41, 5.74) is 8.60. The van der Waals surface area contributed by atoms with Crippen LogP contribution in [-0.2, 0) is 32.4 Å². The summed E-state index contributed by atoms with van der Waals surface area (Å²) >= 11 is 0. The Balaban J connectivity index is 3.00. The van der Waals surface area contributed by atoms with Gasteiger partial charge in [-0.1, -0.05) is 19.0 Å². The standard InChI is InChI=1S/C16H24N5O7P/c1-11-12(2)16(27-14(10-20-21-19)15(11)26-13(3)22)28-29(23,24-8-4-6-17)25-9-5-7-18/h11-12,14-16H,4-5,8-10H2,1-3H3. The minimum absolute atomic E-state index is 0.0412. The molecule has 0 aromatic heterocycles. The topological polar surface area (TPSA) is 177 Å². The number of carbonyl (C=O) groups excluding carboxylic acids is 1. The fraction of sp³-hybridized carbons (Fsp3) is 0.812. The molecule has 0 N–H and O–H groups in total. The van der Waals surface area contributed by atoms with Crippen LogP contribution in [0.4, 0.5) is 0 Å². The first-order valence-electron chi connectivity index (χ1n) is 8.93. The van der Waals surface area contributed by atoms with Crippen LogP contribution in [0.2, 0.25) is 0 Å². The predicted molar refractivity (Wildman–Crippen MR) is 97.6 cm³/mol. The molecular formula is C16H24N5O7P. The van der Waals surface area contributed by atoms with Gasteiger partial charge in [-0.2, -0.15) is 10.5 Å². The van der Waals surface area contributed by atoms with Crippen LogP contribution >= 0.6 is 7.82 Å². The molecule has 0 aromatic rings. The molecule has 0 saturated carbocycles. The number of carbonyl (C=O) groups is 1. The predicted octanol–water partition coefficient (Wildman–Crippen LogP) is 3.21. The van der Waals surface area contributed by atoms with Crippen molar-refractivity contribution in [2.24, 2.45) is 17.0 Å². The molecule has 29 heavy (non-hydrogen) atoms. The van der Waals surface area contributed by atoms with E-state index in [9.17, 15) is 9.36 Å². The maximum Gasteiger partial charge on any atom is 0.477 e. The van der Waals surface area contributed by atoms with Gasteiger partial charge in [-0.15, -0.1) is 0 Å². The lowest BCUT2D eigenvalue weighted by Crippen LogP contribution is -2.52. The van der Waals surface area contributed by atoms with Crippen LogP contribution in [0.15, 0.2) is 5.11 Å². The van der Waals surface area contributed by atoms with Crippen molar-refractivity contribution in [1.29, 1.82) is 10.5 Å². The minimum atomic E-state index is -4.15. The number of ether oxygens (including phenoxy) is 2. The summed E-state index contributed by atoms with van der Waals surface area (Å²) in [4.78, 5) is 14.1. The highest BCUT2D eigenvalue weighted by atomic mass is 31.2. The monoisotopic (exact) mass is 429 g/mol. The van der Waals surface area contributed by atoms with E-state index in [0.717, 1.165) is 0 Å². The van der Waals surface area contributed by atoms with Crippen LogP contribution in [0.25, 0.3) is 10.4 Å². The Morgan fingerprint density at radius 2 is 1.79 bits per heavy atom. The second-order valence-electron chi connectivity index (χ2n) is 6.28. The van der Waals surface area contributed by atoms with E-state index < -0.39 is 38.2 Å². The quantitative estimate of drug-likeness (QED) is 0.119. The fourth-order valence-electron chi connectivity index (χ4n) is 2.65. The third-order valence-electron chi connectivity index (χ3n) is 4.24. The first-order chi connectivity index (χ1) is 13.8. The minimum Gasteiger partial charge on any atom is -0.459 e. The highest BCUT2D eigenvalue weighted by molar-refractivity contribution is 7.48. The van der Waals surface area contributed by atoms with E-state index in [1.54, 1.807) is 13.8 Å². The van der Waals surface area contributed by atoms with Crippen LogP contribution < -0.4 is 0 Å². The molecule has 1 saturated heterocycles. The third kappa shape index (κ3) is 8.00. The summed E-state index contributed by atoms with van der Waals surface area (Å²) < 4.78 is 39.8. The van der Waals surface area contributed by atoms with E-state index >= 15 is 0 Å². The molecule has 1 fully saturated rings. The molecule has 5 atom stereocenters. The highest BCUT2D eigenvalue weighted by Crippen LogP contribution is 2.53. The Morgan fingerprint density at radius 3 is 2.28 bits per heavy atom. The van der Waals surface area contributed by atoms with Crippen LogP contribution in [-0.4, -0.2) is 44.2 Å². The SMILES string of the molecule is CC(=O)OC1C(CN=[N+]=[N-])OC(OP(=O)(OCCC#N)OCCC#N)C(C)C1C. The Labute approximate surface area is 168 Å². The number of azide groups is 1. The smallest absolute Gasteiger partial charge is 0.459 e. The summed E-state index contributed by atoms with van der Waals surface area (Å²) in [7, 11) is -4.15. The molecule has 0 aromatic carbocycles. The second kappa shape index (κ2) is 12.4. The number of phosphoric acid groups is 1. The average Bonchev–Trinajstić information content (AvgIpc) is 2.67. The first-order valence-corrected chi connectivity index (χ1v) is 10.4. The molecule has 160 valence electrons. The number of esters is 1. The Hall–Kier alpha value is -2.17. The molecule has 0 aliphatic carbocycles. The zero-order valence-electron chi connectivity index (χ0n) is 16.5. The number of rotatable bonds is 11. The first kappa shape index (κ1) is 24.9. The maximum absolute atomic E-state index is 12.9. The Kier molecular flexibility index (Phi) is 10.6. The van der Waals surface area contributed by atoms with Crippen LogP contribution in [0.5, 0.6) is 0 Å². The van der Waals surface area contributed by atoms with E-state index in [1.165, 1.54) is 6.92 Å². The molecule has 0 radical (unpaired) electrons. The van der Waals surface area contributed by atoms with Gasteiger partial charge in [0.05, 0.1) is 44.7 Å². The number of nitriles is 2. The van der Waals surface area contributed by atoms with Gasteiger partial charge in [0.2, 0.25) is 0 Å². The molecule has 12 nitrogen and oxygen atoms in total. The van der Waals surface area contributed by atoms with Crippen LogP contribution in [0.3, 0.4) is 0 Å². The number of hydrogen-bond donors (Lipinski definition) is 0. The highest BCUT2D eigenvalue weighted by Gasteiger charge is 2.46. The largest absolute Gasteiger partial charge is 0.477 e. The van der Waals surface area contributed by atoms with Crippen molar-refractivity contribution in [3.8, 4) is 12.1 Å². The molecule has 1 aliphatic rings. The van der Waals surface area contributed by atoms with E-state index in [1.807, 2.05) is 12.1 Å². The zero-order chi connectivity index (χ0) is 21.9. The number of phosphoric ester groups is 1. The van der Waals surface area contributed by atoms with E-state index in [0.29, 0.717) is 0 Å². The molecule has 1 aliphatic heterocycles. The zero-order valence-corrected chi connectivity index (χ0v) is 17.4. The molecule has 5 unspecified atom stereocenters. The van der Waals surface area contributed by atoms with Crippen LogP contribution in [0, 0.1) is 34.5 Å². The van der Waals surface area contributed by atoms with Gasteiger partial charge in [0.25, 0.3) is 0 Å². The van der Waals surface area contributed by atoms with Gasteiger partial charge in [-0.3, -0.25) is 18.4 Å². The van der Waals surface area contributed by atoms with Crippen molar-refractivity contribution in [3.05, 3.63) is 10.4 Å². The van der Waals surface area contributed by atoms with Gasteiger partial charge in [-0.25, -0.2) is 4.57 Å². The summed E-state index contributed by atoms with van der Waals surface area (Å²) in [6.07, 6.45) is -2.71. The van der Waals surface area contributed by atoms with Crippen molar-refractivity contribution >= 4 is 13.8 Å². The van der Waals surface area contributed by atoms with Crippen molar-refractivity contribution in [2.75, 3.05) is 19.8 Å². The lowest BCUT2D eigenvalue weighted by atomic mass is 9.84. The summed E-state index contributed by atoms with van der Waals surface area (Å²) in [6.45, 7) is 4.25. The number of nitrogens with zero attached hydrogens (tertiary/aromatic N) is 5. The molecule has 0 bridgehead atoms. The number of hydrogen-bond acceptors (Lipinski definition) is 10. The maximum atomic E-state index is 12.9. The van der Waals surface area contributed by atoms with Crippen molar-refractivity contribution in [3.63, 3.8) is 0 Å². The molecule has 0 spiro atoms. The van der Waals surface area contributed by atoms with Crippen molar-refractivity contribution < 1.29 is 32.4 Å². The molecule has 13 heteroatoms. The van der Waals surface area contributed by atoms with Crippen molar-refractivity contribution in [1.82, 2.24) is 0 Å². The van der Waals surface area contributed by atoms with Crippen LogP contribution in [0.1, 0.15) is 33.6 Å². The Bertz CT molecular complexity index is 706. The lowest BCUT2D eigenvalue weighted by molar-refractivity contribution is -0.241. The molecule has 1 heterocycles. The Morgan fingerprint density at radius 1 is 1.21 bits per heavy atom. The molecule has 1 rings (SSSR count). The lowest BCUT2D eigenvalue weighted by Gasteiger charge is -2.43. The van der Waals surface area contributed by atoms with Gasteiger partial charge >= 0.3 is 13.8 Å². The normalized spacial score (nSPS) is 26.6. The second-order valence-corrected chi connectivity index (χ2v) is 7.91. The van der Waals surface area contributed by atoms with Gasteiger partial charge in [-0.05, 0) is 5.53 Å². The summed E-state index contributed by atoms with van der Waals surface area (Å²) in [6, 6.07) is 3.69. The summed E-state index contributed by atoms with van der Waals surface area (Å²) in [5.74, 6) is -1.23. The van der Waals surface area contributed by atoms with E-state index in [4.69, 9.17) is 39.1 Å². The molecule has 0 amide bonds. The fourth-order valence-corrected chi connectivity index (χ4v) is 3.97. The van der Waals surface area contributed by atoms with Gasteiger partial charge in [0.15, 0.2) is 6.29 Å². The van der Waals surface area contributed by atoms with Crippen molar-refractivity contribution in [2.45, 2.75) is 52.1 Å². The molecular weight excluding hydrogens is 405 g/mol. The van der Waals surface area contributed by atoms with Gasteiger partial charge in [0, 0.05) is 23.7 Å². The van der Waals surface area contributed by atoms with E-state index in [-0.39, 0.29) is 38.5 Å². The summed E-state index contributed by atoms with van der Waals surface area (Å²) in [5, 5.41) is 20.8. The third-order valence-corrected chi connectivity index (χ3v) is 5.70. The van der Waals surface area contributed by atoms with Gasteiger partial charge in [0.1, 0.15) is 12.2 Å².